The van der Waals surface area contributed by atoms with Crippen molar-refractivity contribution in [2.45, 2.75) is 57.8 Å². The number of nitrogens with zero attached hydrogens (tertiary/aromatic N) is 3. The van der Waals surface area contributed by atoms with E-state index >= 15 is 0 Å². The van der Waals surface area contributed by atoms with Gasteiger partial charge < -0.3 is 10.6 Å². The molecule has 1 atom stereocenters. The molecule has 5 rings (SSSR count). The molecule has 0 radical (unpaired) electrons. The van der Waals surface area contributed by atoms with Gasteiger partial charge in [-0.05, 0) is 63.8 Å². The van der Waals surface area contributed by atoms with Crippen molar-refractivity contribution in [1.82, 2.24) is 19.7 Å². The molecule has 0 aliphatic heterocycles. The number of halogens is 1. The molecular weight excluding hydrogens is 425 g/mol. The average molecular weight is 452 g/mol. The van der Waals surface area contributed by atoms with Gasteiger partial charge in [0.25, 0.3) is 5.91 Å². The summed E-state index contributed by atoms with van der Waals surface area (Å²) in [5, 5.41) is 7.78. The fourth-order valence-corrected chi connectivity index (χ4v) is 5.36. The molecule has 1 saturated carbocycles. The van der Waals surface area contributed by atoms with E-state index in [4.69, 9.17) is 0 Å². The van der Waals surface area contributed by atoms with Crippen LogP contribution in [0.2, 0.25) is 0 Å². The van der Waals surface area contributed by atoms with Crippen molar-refractivity contribution in [2.24, 2.45) is 0 Å². The van der Waals surface area contributed by atoms with Crippen LogP contribution >= 0.6 is 11.3 Å². The maximum Gasteiger partial charge on any atom is 0.253 e. The van der Waals surface area contributed by atoms with E-state index in [1.54, 1.807) is 17.5 Å². The Bertz CT molecular complexity index is 1270. The molecule has 1 amide bonds. The lowest BCUT2D eigenvalue weighted by atomic mass is 9.91. The van der Waals surface area contributed by atoms with Gasteiger partial charge in [-0.1, -0.05) is 12.1 Å². The first kappa shape index (κ1) is 20.9. The number of amides is 1. The number of benzene rings is 1. The number of hydrogen-bond acceptors (Lipinski definition) is 5. The summed E-state index contributed by atoms with van der Waals surface area (Å²) in [6, 6.07) is 12.0. The van der Waals surface area contributed by atoms with Crippen molar-refractivity contribution in [1.29, 1.82) is 0 Å². The van der Waals surface area contributed by atoms with E-state index < -0.39 is 6.17 Å². The van der Waals surface area contributed by atoms with Gasteiger partial charge >= 0.3 is 0 Å². The Kier molecular flexibility index (Phi) is 5.55. The minimum Gasteiger partial charge on any atom is -0.368 e. The molecule has 1 aromatic carbocycles. The molecule has 3 heterocycles. The third kappa shape index (κ3) is 4.07. The number of hydrogen-bond donors (Lipinski definition) is 2. The van der Waals surface area contributed by atoms with Crippen LogP contribution < -0.4 is 10.6 Å². The van der Waals surface area contributed by atoms with Gasteiger partial charge in [0, 0.05) is 18.3 Å². The zero-order chi connectivity index (χ0) is 22.2. The molecular formula is C24H26FN5OS. The lowest BCUT2D eigenvalue weighted by Gasteiger charge is -2.30. The molecule has 166 valence electrons. The highest BCUT2D eigenvalue weighted by molar-refractivity contribution is 7.18. The summed E-state index contributed by atoms with van der Waals surface area (Å²) in [5.41, 5.74) is 2.77. The first-order valence-corrected chi connectivity index (χ1v) is 11.9. The molecule has 6 nitrogen and oxygen atoms in total. The highest BCUT2D eigenvalue weighted by atomic mass is 32.1. The van der Waals surface area contributed by atoms with Crippen molar-refractivity contribution in [3.05, 3.63) is 58.9 Å². The van der Waals surface area contributed by atoms with Crippen LogP contribution in [0.1, 0.15) is 59.8 Å². The fourth-order valence-electron chi connectivity index (χ4n) is 4.43. The van der Waals surface area contributed by atoms with Gasteiger partial charge in [-0.25, -0.2) is 14.4 Å². The second-order valence-corrected chi connectivity index (χ2v) is 9.68. The van der Waals surface area contributed by atoms with Crippen LogP contribution in [0.25, 0.3) is 15.9 Å². The Morgan fingerprint density at radius 3 is 2.66 bits per heavy atom. The molecule has 1 aliphatic rings. The lowest BCUT2D eigenvalue weighted by Crippen LogP contribution is -2.40. The van der Waals surface area contributed by atoms with Crippen LogP contribution in [0.5, 0.6) is 0 Å². The quantitative estimate of drug-likeness (QED) is 0.424. The predicted octanol–water partition coefficient (Wildman–Crippen LogP) is 5.44. The van der Waals surface area contributed by atoms with Crippen molar-refractivity contribution in [2.75, 3.05) is 5.32 Å². The van der Waals surface area contributed by atoms with Gasteiger partial charge in [-0.3, -0.25) is 9.20 Å². The summed E-state index contributed by atoms with van der Waals surface area (Å²) in [7, 11) is 0. The van der Waals surface area contributed by atoms with Crippen LogP contribution in [0.15, 0.2) is 42.6 Å². The zero-order valence-electron chi connectivity index (χ0n) is 18.1. The second-order valence-electron chi connectivity index (χ2n) is 8.47. The molecule has 0 saturated heterocycles. The minimum absolute atomic E-state index is 0.0216. The van der Waals surface area contributed by atoms with Gasteiger partial charge in [0.05, 0.1) is 26.5 Å². The van der Waals surface area contributed by atoms with E-state index in [0.717, 1.165) is 52.4 Å². The first-order chi connectivity index (χ1) is 15.5. The summed E-state index contributed by atoms with van der Waals surface area (Å²) in [6.07, 6.45) is 4.39. The Balaban J connectivity index is 1.22. The number of nitrogens with one attached hydrogen (secondary N) is 2. The van der Waals surface area contributed by atoms with E-state index in [1.807, 2.05) is 47.7 Å². The number of pyridine rings is 1. The van der Waals surface area contributed by atoms with Gasteiger partial charge in [0.2, 0.25) is 0 Å². The summed E-state index contributed by atoms with van der Waals surface area (Å²) in [5.74, 6) is 0.897. The van der Waals surface area contributed by atoms with E-state index in [2.05, 4.69) is 20.6 Å². The first-order valence-electron chi connectivity index (χ1n) is 11.0. The predicted molar refractivity (Wildman–Crippen MR) is 126 cm³/mol. The summed E-state index contributed by atoms with van der Waals surface area (Å²) in [4.78, 5) is 21.8. The molecule has 3 aromatic heterocycles. The smallest absolute Gasteiger partial charge is 0.253 e. The number of thiazole rings is 1. The summed E-state index contributed by atoms with van der Waals surface area (Å²) >= 11 is 1.56. The van der Waals surface area contributed by atoms with Gasteiger partial charge in [0.1, 0.15) is 17.6 Å². The van der Waals surface area contributed by atoms with Crippen molar-refractivity contribution in [3.63, 3.8) is 0 Å². The molecule has 4 aromatic rings. The molecule has 2 N–H and O–H groups in total. The number of fused-ring (bicyclic) bond motifs is 2. The molecule has 0 bridgehead atoms. The third-order valence-corrected chi connectivity index (χ3v) is 7.12. The summed E-state index contributed by atoms with van der Waals surface area (Å²) in [6.45, 7) is 3.46. The Morgan fingerprint density at radius 2 is 1.88 bits per heavy atom. The second kappa shape index (κ2) is 8.50. The summed E-state index contributed by atoms with van der Waals surface area (Å²) < 4.78 is 16.6. The van der Waals surface area contributed by atoms with Gasteiger partial charge in [-0.2, -0.15) is 0 Å². The van der Waals surface area contributed by atoms with Crippen LogP contribution in [-0.4, -0.2) is 32.4 Å². The van der Waals surface area contributed by atoms with Crippen molar-refractivity contribution in [3.8, 4) is 0 Å². The third-order valence-electron chi connectivity index (χ3n) is 6.10. The van der Waals surface area contributed by atoms with E-state index in [-0.39, 0.29) is 11.9 Å². The van der Waals surface area contributed by atoms with Gasteiger partial charge in [0.15, 0.2) is 0 Å². The Hall–Kier alpha value is -3.00. The topological polar surface area (TPSA) is 71.3 Å². The zero-order valence-corrected chi connectivity index (χ0v) is 19.0. The van der Waals surface area contributed by atoms with Gasteiger partial charge in [-0.15, -0.1) is 11.3 Å². The number of carbonyl (C=O) groups excluding carboxylic acids is 1. The maximum atomic E-state index is 13.7. The number of rotatable bonds is 5. The number of aromatic nitrogens is 3. The Morgan fingerprint density at radius 1 is 1.12 bits per heavy atom. The average Bonchev–Trinajstić information content (AvgIpc) is 3.38. The number of imidazole rings is 1. The molecule has 0 spiro atoms. The molecule has 1 unspecified atom stereocenters. The van der Waals surface area contributed by atoms with E-state index in [0.29, 0.717) is 17.3 Å². The number of alkyl halides is 1. The van der Waals surface area contributed by atoms with E-state index in [9.17, 15) is 9.18 Å². The van der Waals surface area contributed by atoms with Crippen molar-refractivity contribution < 1.29 is 9.18 Å². The normalized spacial score (nSPS) is 19.8. The minimum atomic E-state index is -1.10. The number of carbonyl (C=O) groups is 1. The largest absolute Gasteiger partial charge is 0.368 e. The molecule has 1 fully saturated rings. The fraction of sp³-hybridized carbons (Fsp3) is 0.375. The van der Waals surface area contributed by atoms with Crippen LogP contribution in [-0.2, 0) is 0 Å². The molecule has 1 aliphatic carbocycles. The lowest BCUT2D eigenvalue weighted by molar-refractivity contribution is 0.0928. The highest BCUT2D eigenvalue weighted by Gasteiger charge is 2.24. The molecule has 32 heavy (non-hydrogen) atoms. The van der Waals surface area contributed by atoms with Crippen LogP contribution in [0, 0.1) is 6.92 Å². The molecule has 8 heteroatoms. The van der Waals surface area contributed by atoms with Crippen LogP contribution in [0.3, 0.4) is 0 Å². The van der Waals surface area contributed by atoms with Crippen LogP contribution in [0.4, 0.5) is 10.2 Å². The van der Waals surface area contributed by atoms with Crippen molar-refractivity contribution >= 4 is 38.9 Å². The monoisotopic (exact) mass is 451 g/mol. The number of aryl methyl sites for hydroxylation is 1. The standard InChI is InChI=1S/C24H26FN5OS/c1-14(25)20-13-30-21(7-4-8-22(30)29-20)27-16-9-11-17(12-10-16)28-24(31)18-5-3-6-19-23(18)32-15(2)26-19/h3-8,13-14,16-17,27H,9-12H2,1-2H3,(H,28,31). The SMILES string of the molecule is Cc1nc2cccc(C(=O)NC3CCC(Nc4cccc5nc(C(C)F)cn45)CC3)c2s1. The van der Waals surface area contributed by atoms with E-state index in [1.165, 1.54) is 6.92 Å². The highest BCUT2D eigenvalue weighted by Crippen LogP contribution is 2.27. The maximum absolute atomic E-state index is 13.7. The Labute approximate surface area is 189 Å². The number of anilines is 1.